The molecular weight excluding hydrogens is 306 g/mol. The molecule has 7 nitrogen and oxygen atoms in total. The van der Waals surface area contributed by atoms with Gasteiger partial charge in [0, 0.05) is 19.7 Å². The van der Waals surface area contributed by atoms with Crippen molar-refractivity contribution >= 4 is 23.2 Å². The molecule has 124 valence electrons. The molecule has 7 heteroatoms. The Morgan fingerprint density at radius 2 is 1.92 bits per heavy atom. The molecule has 1 aromatic carbocycles. The van der Waals surface area contributed by atoms with Gasteiger partial charge >= 0.3 is 0 Å². The van der Waals surface area contributed by atoms with Crippen LogP contribution >= 0.6 is 0 Å². The van der Waals surface area contributed by atoms with Gasteiger partial charge in [-0.1, -0.05) is 31.5 Å². The number of aryl methyl sites for hydroxylation is 2. The van der Waals surface area contributed by atoms with Crippen LogP contribution in [0.15, 0.2) is 24.3 Å². The largest absolute Gasteiger partial charge is 0.348 e. The van der Waals surface area contributed by atoms with Crippen molar-refractivity contribution in [2.45, 2.75) is 25.4 Å². The standard InChI is InChI=1S/C17H19N5O2/c1-4-7-11-13-14(22(3)20-11)15(23)19-17(18-13)10-8-5-6-9-12(10)21(2)16(17)24/h5-6,8-9,18H,4,7H2,1-3H3,(H,19,23). The molecule has 2 amide bonds. The molecule has 2 aliphatic rings. The van der Waals surface area contributed by atoms with Gasteiger partial charge in [-0.15, -0.1) is 0 Å². The first-order valence-electron chi connectivity index (χ1n) is 8.04. The maximum Gasteiger partial charge on any atom is 0.278 e. The second-order valence-corrected chi connectivity index (χ2v) is 6.25. The summed E-state index contributed by atoms with van der Waals surface area (Å²) in [5, 5.41) is 10.6. The van der Waals surface area contributed by atoms with Crippen molar-refractivity contribution in [1.29, 1.82) is 0 Å². The third-order valence-electron chi connectivity index (χ3n) is 4.73. The number of hydrogen-bond acceptors (Lipinski definition) is 4. The first kappa shape index (κ1) is 14.7. The fourth-order valence-corrected chi connectivity index (χ4v) is 3.63. The first-order chi connectivity index (χ1) is 11.5. The van der Waals surface area contributed by atoms with E-state index in [0.717, 1.165) is 29.8 Å². The van der Waals surface area contributed by atoms with Crippen LogP contribution in [-0.2, 0) is 23.9 Å². The topological polar surface area (TPSA) is 79.3 Å². The number of rotatable bonds is 2. The van der Waals surface area contributed by atoms with E-state index in [0.29, 0.717) is 11.4 Å². The Labute approximate surface area is 139 Å². The van der Waals surface area contributed by atoms with Crippen LogP contribution in [0.25, 0.3) is 0 Å². The summed E-state index contributed by atoms with van der Waals surface area (Å²) in [6.07, 6.45) is 1.65. The van der Waals surface area contributed by atoms with E-state index in [9.17, 15) is 9.59 Å². The Kier molecular flexibility index (Phi) is 2.97. The normalized spacial score (nSPS) is 21.5. The van der Waals surface area contributed by atoms with Crippen molar-refractivity contribution in [2.75, 3.05) is 17.3 Å². The van der Waals surface area contributed by atoms with E-state index in [-0.39, 0.29) is 11.8 Å². The molecule has 0 bridgehead atoms. The molecule has 1 spiro atoms. The molecule has 0 saturated heterocycles. The van der Waals surface area contributed by atoms with Crippen LogP contribution in [0.1, 0.15) is 35.1 Å². The Morgan fingerprint density at radius 1 is 1.17 bits per heavy atom. The third kappa shape index (κ3) is 1.69. The molecule has 0 radical (unpaired) electrons. The average molecular weight is 325 g/mol. The molecule has 1 atom stereocenters. The number of aromatic nitrogens is 2. The number of para-hydroxylation sites is 1. The number of carbonyl (C=O) groups is 2. The highest BCUT2D eigenvalue weighted by molar-refractivity contribution is 6.14. The van der Waals surface area contributed by atoms with Gasteiger partial charge in [0.05, 0.1) is 17.1 Å². The predicted molar refractivity (Wildman–Crippen MR) is 89.8 cm³/mol. The lowest BCUT2D eigenvalue weighted by Gasteiger charge is -2.35. The second kappa shape index (κ2) is 4.83. The summed E-state index contributed by atoms with van der Waals surface area (Å²) in [4.78, 5) is 27.3. The van der Waals surface area contributed by atoms with Crippen LogP contribution in [0.5, 0.6) is 0 Å². The second-order valence-electron chi connectivity index (χ2n) is 6.25. The van der Waals surface area contributed by atoms with Crippen molar-refractivity contribution in [1.82, 2.24) is 15.1 Å². The Hall–Kier alpha value is -2.83. The summed E-state index contributed by atoms with van der Waals surface area (Å²) >= 11 is 0. The van der Waals surface area contributed by atoms with Gasteiger partial charge in [-0.05, 0) is 12.5 Å². The summed E-state index contributed by atoms with van der Waals surface area (Å²) in [6, 6.07) is 7.49. The van der Waals surface area contributed by atoms with Crippen molar-refractivity contribution in [3.05, 3.63) is 41.2 Å². The minimum absolute atomic E-state index is 0.200. The van der Waals surface area contributed by atoms with Gasteiger partial charge < -0.3 is 15.5 Å². The molecule has 0 saturated carbocycles. The van der Waals surface area contributed by atoms with Crippen molar-refractivity contribution in [3.8, 4) is 0 Å². The number of likely N-dealkylation sites (N-methyl/N-ethyl adjacent to an activating group) is 1. The average Bonchev–Trinajstić information content (AvgIpc) is 2.98. The minimum Gasteiger partial charge on any atom is -0.348 e. The van der Waals surface area contributed by atoms with E-state index in [1.165, 1.54) is 0 Å². The summed E-state index contributed by atoms with van der Waals surface area (Å²) in [6.45, 7) is 2.06. The molecule has 2 aromatic rings. The molecular formula is C17H19N5O2. The summed E-state index contributed by atoms with van der Waals surface area (Å²) in [7, 11) is 3.46. The lowest BCUT2D eigenvalue weighted by Crippen LogP contribution is -2.60. The molecule has 24 heavy (non-hydrogen) atoms. The smallest absolute Gasteiger partial charge is 0.278 e. The summed E-state index contributed by atoms with van der Waals surface area (Å²) < 4.78 is 1.57. The summed E-state index contributed by atoms with van der Waals surface area (Å²) in [5.74, 6) is -0.492. The highest BCUT2D eigenvalue weighted by Crippen LogP contribution is 2.43. The Bertz CT molecular complexity index is 872. The van der Waals surface area contributed by atoms with Crippen molar-refractivity contribution < 1.29 is 9.59 Å². The predicted octanol–water partition coefficient (Wildman–Crippen LogP) is 1.36. The van der Waals surface area contributed by atoms with Gasteiger partial charge in [-0.25, -0.2) is 0 Å². The third-order valence-corrected chi connectivity index (χ3v) is 4.73. The molecule has 3 heterocycles. The van der Waals surface area contributed by atoms with Crippen molar-refractivity contribution in [3.63, 3.8) is 0 Å². The van der Waals surface area contributed by atoms with Crippen LogP contribution in [0, 0.1) is 0 Å². The molecule has 0 aliphatic carbocycles. The lowest BCUT2D eigenvalue weighted by atomic mass is 9.97. The maximum absolute atomic E-state index is 13.0. The van der Waals surface area contributed by atoms with Crippen LogP contribution in [0.2, 0.25) is 0 Å². The Balaban J connectivity index is 1.91. The monoisotopic (exact) mass is 325 g/mol. The Morgan fingerprint density at radius 3 is 2.67 bits per heavy atom. The van der Waals surface area contributed by atoms with E-state index in [4.69, 9.17) is 0 Å². The summed E-state index contributed by atoms with van der Waals surface area (Å²) in [5.41, 5.74) is 2.21. The van der Waals surface area contributed by atoms with Gasteiger partial charge in [0.15, 0.2) is 0 Å². The van der Waals surface area contributed by atoms with Gasteiger partial charge in [0.25, 0.3) is 11.8 Å². The zero-order valence-corrected chi connectivity index (χ0v) is 13.9. The van der Waals surface area contributed by atoms with Gasteiger partial charge in [0.1, 0.15) is 5.69 Å². The molecule has 4 rings (SSSR count). The zero-order chi connectivity index (χ0) is 17.1. The van der Waals surface area contributed by atoms with Gasteiger partial charge in [-0.3, -0.25) is 14.3 Å². The molecule has 1 aromatic heterocycles. The van der Waals surface area contributed by atoms with Crippen LogP contribution in [0.3, 0.4) is 0 Å². The van der Waals surface area contributed by atoms with E-state index in [1.54, 1.807) is 23.7 Å². The van der Waals surface area contributed by atoms with E-state index < -0.39 is 5.66 Å². The number of amides is 2. The molecule has 2 N–H and O–H groups in total. The number of benzene rings is 1. The van der Waals surface area contributed by atoms with E-state index in [1.807, 2.05) is 24.3 Å². The van der Waals surface area contributed by atoms with Gasteiger partial charge in [-0.2, -0.15) is 5.10 Å². The zero-order valence-electron chi connectivity index (χ0n) is 13.9. The fourth-order valence-electron chi connectivity index (χ4n) is 3.63. The van der Waals surface area contributed by atoms with Crippen molar-refractivity contribution in [2.24, 2.45) is 7.05 Å². The van der Waals surface area contributed by atoms with Crippen LogP contribution < -0.4 is 15.5 Å². The number of nitrogens with zero attached hydrogens (tertiary/aromatic N) is 3. The molecule has 0 fully saturated rings. The number of fused-ring (bicyclic) bond motifs is 3. The van der Waals surface area contributed by atoms with Crippen LogP contribution in [-0.4, -0.2) is 28.6 Å². The fraction of sp³-hybridized carbons (Fsp3) is 0.353. The minimum atomic E-state index is -1.26. The molecule has 2 aliphatic heterocycles. The number of anilines is 2. The SMILES string of the molecule is CCCc1nn(C)c2c1NC1(NC2=O)C(=O)N(C)c2ccccc21. The quantitative estimate of drug-likeness (QED) is 0.874. The highest BCUT2D eigenvalue weighted by atomic mass is 16.2. The lowest BCUT2D eigenvalue weighted by molar-refractivity contribution is -0.122. The van der Waals surface area contributed by atoms with E-state index in [2.05, 4.69) is 22.7 Å². The number of nitrogens with one attached hydrogen (secondary N) is 2. The van der Waals surface area contributed by atoms with Gasteiger partial charge in [0.2, 0.25) is 5.66 Å². The van der Waals surface area contributed by atoms with Crippen LogP contribution in [0.4, 0.5) is 11.4 Å². The molecule has 1 unspecified atom stereocenters. The highest BCUT2D eigenvalue weighted by Gasteiger charge is 2.54. The maximum atomic E-state index is 13.0. The number of hydrogen-bond donors (Lipinski definition) is 2. The first-order valence-corrected chi connectivity index (χ1v) is 8.04. The number of carbonyl (C=O) groups excluding carboxylic acids is 2. The van der Waals surface area contributed by atoms with E-state index >= 15 is 0 Å².